The summed E-state index contributed by atoms with van der Waals surface area (Å²) in [6, 6.07) is 0. The van der Waals surface area contributed by atoms with Crippen LogP contribution in [-0.4, -0.2) is 72.4 Å². The Labute approximate surface area is 217 Å². The summed E-state index contributed by atoms with van der Waals surface area (Å²) in [5.74, 6) is -0.710. The van der Waals surface area contributed by atoms with Gasteiger partial charge in [-0.25, -0.2) is 22.8 Å². The molecule has 38 heavy (non-hydrogen) atoms. The maximum absolute atomic E-state index is 13.5. The molecular weight excluding hydrogens is 519 g/mol. The molecule has 1 aliphatic heterocycles. The van der Waals surface area contributed by atoms with Crippen molar-refractivity contribution in [2.75, 3.05) is 18.9 Å². The largest absolute Gasteiger partial charge is 0.479 e. The molecule has 5 heterocycles. The van der Waals surface area contributed by atoms with E-state index in [1.807, 2.05) is 4.68 Å². The molecular formula is C22H25FN10O4S. The SMILES string of the molecule is COc1ncnc(OC)c1-n1c(NS(=O)(=O)[C@@H](C)[C@H](C)c2ncc(F)cn2)nnc1-c1cnn2c1CCC2. The molecule has 4 aromatic rings. The van der Waals surface area contributed by atoms with E-state index in [-0.39, 0.29) is 29.2 Å². The van der Waals surface area contributed by atoms with Crippen molar-refractivity contribution < 1.29 is 22.3 Å². The number of rotatable bonds is 9. The van der Waals surface area contributed by atoms with Crippen LogP contribution in [-0.2, 0) is 23.0 Å². The van der Waals surface area contributed by atoms with Crippen LogP contribution in [0.2, 0.25) is 0 Å². The maximum atomic E-state index is 13.5. The van der Waals surface area contributed by atoms with E-state index < -0.39 is 27.0 Å². The zero-order valence-electron chi connectivity index (χ0n) is 21.0. The molecule has 0 radical (unpaired) electrons. The molecule has 0 saturated heterocycles. The number of anilines is 1. The van der Waals surface area contributed by atoms with Crippen molar-refractivity contribution in [3.8, 4) is 28.8 Å². The molecule has 14 nitrogen and oxygen atoms in total. The van der Waals surface area contributed by atoms with E-state index >= 15 is 0 Å². The van der Waals surface area contributed by atoms with Gasteiger partial charge in [-0.1, -0.05) is 6.92 Å². The maximum Gasteiger partial charge on any atom is 0.245 e. The zero-order chi connectivity index (χ0) is 27.0. The highest BCUT2D eigenvalue weighted by molar-refractivity contribution is 7.93. The number of ether oxygens (including phenoxy) is 2. The number of fused-ring (bicyclic) bond motifs is 1. The molecule has 5 rings (SSSR count). The van der Waals surface area contributed by atoms with Crippen LogP contribution in [0, 0.1) is 5.82 Å². The van der Waals surface area contributed by atoms with Crippen LogP contribution in [0.1, 0.15) is 37.7 Å². The standard InChI is InChI=1S/C22H25FN10O4S/c1-12(18-24-8-14(23)9-25-18)13(2)38(34,35)31-22-30-29-19(15-10-28-32-7-5-6-16(15)32)33(22)17-20(36-3)26-11-27-21(17)37-4/h8-13H,5-7H2,1-4H3,(H,30,31)/t12-,13-/m0/s1. The predicted molar refractivity (Wildman–Crippen MR) is 132 cm³/mol. The summed E-state index contributed by atoms with van der Waals surface area (Å²) in [6.07, 6.45) is 6.60. The van der Waals surface area contributed by atoms with Crippen LogP contribution in [0.4, 0.5) is 10.3 Å². The Morgan fingerprint density at radius 3 is 2.37 bits per heavy atom. The monoisotopic (exact) mass is 544 g/mol. The molecule has 4 aromatic heterocycles. The summed E-state index contributed by atoms with van der Waals surface area (Å²) in [5, 5.41) is 11.9. The first-order chi connectivity index (χ1) is 18.2. The fraction of sp³-hybridized carbons (Fsp3) is 0.409. The minimum Gasteiger partial charge on any atom is -0.479 e. The highest BCUT2D eigenvalue weighted by Crippen LogP contribution is 2.37. The van der Waals surface area contributed by atoms with Crippen LogP contribution in [0.15, 0.2) is 24.9 Å². The summed E-state index contributed by atoms with van der Waals surface area (Å²) in [5.41, 5.74) is 1.82. The Kier molecular flexibility index (Phi) is 6.64. The lowest BCUT2D eigenvalue weighted by Crippen LogP contribution is -2.31. The van der Waals surface area contributed by atoms with Gasteiger partial charge in [0.25, 0.3) is 0 Å². The number of hydrogen-bond donors (Lipinski definition) is 1. The second-order valence-electron chi connectivity index (χ2n) is 8.66. The van der Waals surface area contributed by atoms with E-state index in [1.165, 1.54) is 32.0 Å². The highest BCUT2D eigenvalue weighted by Gasteiger charge is 2.34. The summed E-state index contributed by atoms with van der Waals surface area (Å²) in [4.78, 5) is 16.2. The third-order valence-electron chi connectivity index (χ3n) is 6.48. The van der Waals surface area contributed by atoms with Crippen LogP contribution >= 0.6 is 0 Å². The van der Waals surface area contributed by atoms with Gasteiger partial charge < -0.3 is 9.47 Å². The number of nitrogens with zero attached hydrogens (tertiary/aromatic N) is 9. The Morgan fingerprint density at radius 1 is 1.03 bits per heavy atom. The van der Waals surface area contributed by atoms with Gasteiger partial charge in [-0.15, -0.1) is 10.2 Å². The van der Waals surface area contributed by atoms with Crippen LogP contribution in [0.25, 0.3) is 17.1 Å². The predicted octanol–water partition coefficient (Wildman–Crippen LogP) is 1.75. The number of nitrogens with one attached hydrogen (secondary N) is 1. The number of halogens is 1. The van der Waals surface area contributed by atoms with E-state index in [2.05, 4.69) is 40.0 Å². The van der Waals surface area contributed by atoms with Gasteiger partial charge in [0.1, 0.15) is 12.2 Å². The fourth-order valence-electron chi connectivity index (χ4n) is 4.28. The molecule has 0 unspecified atom stereocenters. The van der Waals surface area contributed by atoms with E-state index in [0.29, 0.717) is 11.4 Å². The third kappa shape index (κ3) is 4.40. The average Bonchev–Trinajstić information content (AvgIpc) is 3.64. The minimum atomic E-state index is -4.10. The van der Waals surface area contributed by atoms with Gasteiger partial charge in [0, 0.05) is 18.2 Å². The van der Waals surface area contributed by atoms with Crippen molar-refractivity contribution in [3.05, 3.63) is 42.3 Å². The molecule has 0 aromatic carbocycles. The molecule has 0 amide bonds. The van der Waals surface area contributed by atoms with Crippen molar-refractivity contribution in [3.63, 3.8) is 0 Å². The molecule has 0 spiro atoms. The van der Waals surface area contributed by atoms with E-state index in [4.69, 9.17) is 9.47 Å². The quantitative estimate of drug-likeness (QED) is 0.326. The van der Waals surface area contributed by atoms with Crippen LogP contribution in [0.5, 0.6) is 11.8 Å². The number of hydrogen-bond acceptors (Lipinski definition) is 11. The Balaban J connectivity index is 1.62. The molecule has 0 aliphatic carbocycles. The lowest BCUT2D eigenvalue weighted by atomic mass is 10.1. The zero-order valence-corrected chi connectivity index (χ0v) is 21.8. The summed E-state index contributed by atoms with van der Waals surface area (Å²) < 4.78 is 57.1. The topological polar surface area (TPSA) is 165 Å². The Bertz CT molecular complexity index is 1550. The van der Waals surface area contributed by atoms with Crippen LogP contribution in [0.3, 0.4) is 0 Å². The van der Waals surface area contributed by atoms with Crippen LogP contribution < -0.4 is 14.2 Å². The molecule has 1 N–H and O–H groups in total. The van der Waals surface area contributed by atoms with E-state index in [9.17, 15) is 12.8 Å². The molecule has 0 fully saturated rings. The van der Waals surface area contributed by atoms with Crippen molar-refractivity contribution >= 4 is 16.0 Å². The second kappa shape index (κ2) is 9.92. The first kappa shape index (κ1) is 25.4. The van der Waals surface area contributed by atoms with Gasteiger partial charge >= 0.3 is 0 Å². The molecule has 2 atom stereocenters. The fourth-order valence-corrected chi connectivity index (χ4v) is 5.51. The molecule has 0 bridgehead atoms. The lowest BCUT2D eigenvalue weighted by molar-refractivity contribution is 0.368. The van der Waals surface area contributed by atoms with Crippen molar-refractivity contribution in [2.45, 2.75) is 44.4 Å². The van der Waals surface area contributed by atoms with Crippen molar-refractivity contribution in [1.82, 2.24) is 44.5 Å². The first-order valence-electron chi connectivity index (χ1n) is 11.7. The number of aryl methyl sites for hydroxylation is 1. The van der Waals surface area contributed by atoms with E-state index in [1.54, 1.807) is 13.1 Å². The Morgan fingerprint density at radius 2 is 1.71 bits per heavy atom. The van der Waals surface area contributed by atoms with Gasteiger partial charge in [0.05, 0.1) is 43.6 Å². The summed E-state index contributed by atoms with van der Waals surface area (Å²) in [6.45, 7) is 3.91. The number of sulfonamides is 1. The first-order valence-corrected chi connectivity index (χ1v) is 13.2. The number of aromatic nitrogens is 9. The Hall–Kier alpha value is -4.21. The van der Waals surface area contributed by atoms with E-state index in [0.717, 1.165) is 37.5 Å². The number of methoxy groups -OCH3 is 2. The minimum absolute atomic E-state index is 0.114. The normalized spacial score (nSPS) is 14.7. The van der Waals surface area contributed by atoms with Crippen molar-refractivity contribution in [1.29, 1.82) is 0 Å². The third-order valence-corrected chi connectivity index (χ3v) is 8.33. The van der Waals surface area contributed by atoms with Gasteiger partial charge in [-0.05, 0) is 19.8 Å². The van der Waals surface area contributed by atoms with Crippen molar-refractivity contribution in [2.24, 2.45) is 0 Å². The molecule has 0 saturated carbocycles. The summed E-state index contributed by atoms with van der Waals surface area (Å²) in [7, 11) is -1.26. The summed E-state index contributed by atoms with van der Waals surface area (Å²) >= 11 is 0. The molecule has 16 heteroatoms. The average molecular weight is 545 g/mol. The second-order valence-corrected chi connectivity index (χ2v) is 10.7. The smallest absolute Gasteiger partial charge is 0.245 e. The molecule has 1 aliphatic rings. The molecule has 200 valence electrons. The van der Waals surface area contributed by atoms with Gasteiger partial charge in [-0.3, -0.25) is 14.0 Å². The van der Waals surface area contributed by atoms with Gasteiger partial charge in [0.2, 0.25) is 27.7 Å². The van der Waals surface area contributed by atoms with Gasteiger partial charge in [-0.2, -0.15) is 15.1 Å². The highest BCUT2D eigenvalue weighted by atomic mass is 32.2. The lowest BCUT2D eigenvalue weighted by Gasteiger charge is -2.20. The van der Waals surface area contributed by atoms with Gasteiger partial charge in [0.15, 0.2) is 17.3 Å².